The third-order valence-corrected chi connectivity index (χ3v) is 11.3. The number of aromatic nitrogens is 2. The number of sulfonamides is 1. The lowest BCUT2D eigenvalue weighted by Gasteiger charge is -2.20. The third kappa shape index (κ3) is 7.20. The topological polar surface area (TPSA) is 184 Å². The van der Waals surface area contributed by atoms with E-state index in [1.165, 1.54) is 12.1 Å². The zero-order chi connectivity index (χ0) is 38.4. The molecule has 3 aromatic rings. The molecule has 2 aliphatic rings. The molecule has 0 unspecified atom stereocenters. The van der Waals surface area contributed by atoms with Gasteiger partial charge in [0.15, 0.2) is 6.73 Å². The second-order valence-corrected chi connectivity index (χ2v) is 16.0. The number of amides is 1. The molecule has 0 saturated heterocycles. The first-order chi connectivity index (χ1) is 24.2. The number of nitrogens with zero attached hydrogens (tertiary/aromatic N) is 5. The Labute approximate surface area is 301 Å². The lowest BCUT2D eigenvalue weighted by molar-refractivity contribution is -0.141. The van der Waals surface area contributed by atoms with Gasteiger partial charge in [-0.05, 0) is 56.7 Å². The minimum absolute atomic E-state index is 0.0291. The van der Waals surface area contributed by atoms with Crippen LogP contribution in [0.2, 0.25) is 0 Å². The van der Waals surface area contributed by atoms with Crippen LogP contribution in [0.4, 0.5) is 10.5 Å². The van der Waals surface area contributed by atoms with Crippen LogP contribution in [0.5, 0.6) is 0 Å². The van der Waals surface area contributed by atoms with Gasteiger partial charge in [-0.3, -0.25) is 4.55 Å². The van der Waals surface area contributed by atoms with Crippen LogP contribution in [0.15, 0.2) is 81.1 Å². The van der Waals surface area contributed by atoms with Crippen LogP contribution in [-0.4, -0.2) is 89.4 Å². The van der Waals surface area contributed by atoms with Gasteiger partial charge in [0, 0.05) is 66.7 Å². The van der Waals surface area contributed by atoms with Crippen LogP contribution in [0.3, 0.4) is 0 Å². The lowest BCUT2D eigenvalue weighted by atomic mass is 9.93. The smallest absolute Gasteiger partial charge is 0.355 e. The molecule has 2 heterocycles. The maximum Gasteiger partial charge on any atom is 0.355 e. The Morgan fingerprint density at radius 3 is 2.25 bits per heavy atom. The predicted octanol–water partition coefficient (Wildman–Crippen LogP) is 3.56. The Morgan fingerprint density at radius 2 is 1.65 bits per heavy atom. The first-order valence-electron chi connectivity index (χ1n) is 15.7. The number of hydrogen-bond donors (Lipinski definition) is 2. The second kappa shape index (κ2) is 14.0. The SMILES string of the molecule is C=C(NC(=O)n1nc(C)c(C)c1C)C(=O)OCN(C)S(=O)(=O)c1ccc(-c2c3ccc(=[N+](C)C)cc-3oc3cc(N(C)C)ccc23)c(S(=O)(=O)O)c1. The van der Waals surface area contributed by atoms with Gasteiger partial charge in [-0.1, -0.05) is 12.6 Å². The summed E-state index contributed by atoms with van der Waals surface area (Å²) >= 11 is 0. The minimum atomic E-state index is -5.02. The van der Waals surface area contributed by atoms with Crippen LogP contribution in [0.1, 0.15) is 17.0 Å². The monoisotopic (exact) mass is 751 g/mol. The van der Waals surface area contributed by atoms with E-state index in [1.807, 2.05) is 49.8 Å². The quantitative estimate of drug-likeness (QED) is 0.0561. The molecule has 0 saturated carbocycles. The summed E-state index contributed by atoms with van der Waals surface area (Å²) in [6.45, 7) is 7.87. The van der Waals surface area contributed by atoms with Gasteiger partial charge in [-0.25, -0.2) is 22.6 Å². The van der Waals surface area contributed by atoms with Crippen LogP contribution in [0, 0.1) is 20.8 Å². The molecule has 15 nitrogen and oxygen atoms in total. The maximum atomic E-state index is 13.6. The zero-order valence-corrected chi connectivity index (χ0v) is 31.5. The normalized spacial score (nSPS) is 12.0. The van der Waals surface area contributed by atoms with Crippen LogP contribution < -0.4 is 20.1 Å². The van der Waals surface area contributed by atoms with Gasteiger partial charge in [-0.15, -0.1) is 0 Å². The molecule has 5 rings (SSSR count). The molecule has 1 aliphatic heterocycles. The van der Waals surface area contributed by atoms with E-state index < -0.39 is 54.4 Å². The number of nitrogens with one attached hydrogen (secondary N) is 1. The number of aryl methyl sites for hydroxylation is 1. The van der Waals surface area contributed by atoms with E-state index in [-0.39, 0.29) is 5.56 Å². The van der Waals surface area contributed by atoms with E-state index in [0.29, 0.717) is 43.5 Å². The molecule has 1 aromatic heterocycles. The maximum absolute atomic E-state index is 13.6. The summed E-state index contributed by atoms with van der Waals surface area (Å²) in [6, 6.07) is 13.3. The largest absolute Gasteiger partial charge is 0.456 e. The zero-order valence-electron chi connectivity index (χ0n) is 29.9. The van der Waals surface area contributed by atoms with E-state index in [0.717, 1.165) is 34.4 Å². The Hall–Kier alpha value is -5.36. The summed E-state index contributed by atoms with van der Waals surface area (Å²) in [5.41, 5.74) is 3.67. The van der Waals surface area contributed by atoms with Crippen LogP contribution in [0.25, 0.3) is 33.4 Å². The van der Waals surface area contributed by atoms with Gasteiger partial charge in [0.2, 0.25) is 15.4 Å². The summed E-state index contributed by atoms with van der Waals surface area (Å²) in [7, 11) is -0.982. The van der Waals surface area contributed by atoms with Gasteiger partial charge in [0.1, 0.15) is 36.0 Å². The molecule has 274 valence electrons. The Kier molecular flexibility index (Phi) is 10.2. The fraction of sp³-hybridized carbons (Fsp3) is 0.257. The molecular weight excluding hydrogens is 713 g/mol. The minimum Gasteiger partial charge on any atom is -0.456 e. The molecule has 1 amide bonds. The number of carbonyl (C=O) groups is 2. The molecule has 17 heteroatoms. The fourth-order valence-electron chi connectivity index (χ4n) is 5.43. The van der Waals surface area contributed by atoms with Crippen molar-refractivity contribution in [3.63, 3.8) is 0 Å². The van der Waals surface area contributed by atoms with Crippen molar-refractivity contribution in [2.24, 2.45) is 0 Å². The van der Waals surface area contributed by atoms with E-state index >= 15 is 0 Å². The Bertz CT molecular complexity index is 2550. The highest BCUT2D eigenvalue weighted by Gasteiger charge is 2.29. The van der Waals surface area contributed by atoms with Gasteiger partial charge in [0.25, 0.3) is 10.1 Å². The van der Waals surface area contributed by atoms with Crippen LogP contribution in [-0.2, 0) is 29.7 Å². The number of ether oxygens (including phenoxy) is 1. The van der Waals surface area contributed by atoms with Gasteiger partial charge in [0.05, 0.1) is 16.7 Å². The number of esters is 1. The van der Waals surface area contributed by atoms with Crippen molar-refractivity contribution in [3.05, 3.63) is 89.2 Å². The molecule has 1 aliphatic carbocycles. The van der Waals surface area contributed by atoms with Crippen molar-refractivity contribution in [1.29, 1.82) is 0 Å². The molecule has 0 radical (unpaired) electrons. The summed E-state index contributed by atoms with van der Waals surface area (Å²) in [6.07, 6.45) is 0. The summed E-state index contributed by atoms with van der Waals surface area (Å²) in [5.74, 6) is -0.697. The first kappa shape index (κ1) is 37.9. The van der Waals surface area contributed by atoms with E-state index in [4.69, 9.17) is 9.15 Å². The lowest BCUT2D eigenvalue weighted by Crippen LogP contribution is -2.35. The van der Waals surface area contributed by atoms with Gasteiger partial charge < -0.3 is 19.4 Å². The number of fused-ring (bicyclic) bond motifs is 2. The van der Waals surface area contributed by atoms with Crippen molar-refractivity contribution in [1.82, 2.24) is 24.0 Å². The van der Waals surface area contributed by atoms with E-state index in [2.05, 4.69) is 17.0 Å². The van der Waals surface area contributed by atoms with Gasteiger partial charge in [-0.2, -0.15) is 22.5 Å². The molecule has 0 spiro atoms. The molecule has 52 heavy (non-hydrogen) atoms. The Morgan fingerprint density at radius 1 is 0.981 bits per heavy atom. The number of carbonyl (C=O) groups excluding carboxylic acids is 2. The average Bonchev–Trinajstić information content (AvgIpc) is 3.35. The van der Waals surface area contributed by atoms with Crippen molar-refractivity contribution < 1.29 is 40.1 Å². The second-order valence-electron chi connectivity index (χ2n) is 12.5. The molecule has 2 N–H and O–H groups in total. The van der Waals surface area contributed by atoms with Crippen molar-refractivity contribution in [2.45, 2.75) is 30.6 Å². The summed E-state index contributed by atoms with van der Waals surface area (Å²) < 4.78 is 78.6. The highest BCUT2D eigenvalue weighted by atomic mass is 32.2. The molecule has 0 bridgehead atoms. The molecule has 2 aromatic carbocycles. The third-order valence-electron chi connectivity index (χ3n) is 8.66. The summed E-state index contributed by atoms with van der Waals surface area (Å²) in [5, 5.41) is 7.72. The highest BCUT2D eigenvalue weighted by molar-refractivity contribution is 7.89. The van der Waals surface area contributed by atoms with Crippen molar-refractivity contribution in [2.75, 3.05) is 46.9 Å². The van der Waals surface area contributed by atoms with E-state index in [1.54, 1.807) is 45.0 Å². The standard InChI is InChI=1S/C35H38N6O9S2/c1-20-21(2)37-41(23(20)4)35(43)36-22(3)34(42)49-19-40(9)51(44,45)26-12-15-29(32(18-26)52(46,47)48)33-27-13-10-24(38(5)6)16-30(27)50-31-17-25(39(7)8)11-14-28(31)33/h10-18H,3,19H2,1-2,4-9H3,(H-,36,43,46,47,48)/p+1. The van der Waals surface area contributed by atoms with Crippen molar-refractivity contribution in [3.8, 4) is 22.5 Å². The Balaban J connectivity index is 1.50. The fourth-order valence-corrected chi connectivity index (χ4v) is 7.29. The number of rotatable bonds is 9. The van der Waals surface area contributed by atoms with E-state index in [9.17, 15) is 31.0 Å². The molecular formula is C35H39N6O9S2+. The highest BCUT2D eigenvalue weighted by Crippen LogP contribution is 2.43. The average molecular weight is 752 g/mol. The molecule has 0 atom stereocenters. The molecule has 0 fully saturated rings. The van der Waals surface area contributed by atoms with Crippen molar-refractivity contribution >= 4 is 48.8 Å². The summed E-state index contributed by atoms with van der Waals surface area (Å²) in [4.78, 5) is 26.0. The van der Waals surface area contributed by atoms with Crippen LogP contribution >= 0.6 is 0 Å². The van der Waals surface area contributed by atoms with Gasteiger partial charge >= 0.3 is 12.0 Å². The predicted molar refractivity (Wildman–Crippen MR) is 195 cm³/mol. The number of anilines is 1. The number of benzene rings is 3. The number of hydrogen-bond acceptors (Lipinski definition) is 10. The first-order valence-corrected chi connectivity index (χ1v) is 18.6.